The Labute approximate surface area is 128 Å². The van der Waals surface area contributed by atoms with E-state index >= 15 is 0 Å². The molecule has 0 amide bonds. The van der Waals surface area contributed by atoms with Crippen molar-refractivity contribution in [1.29, 1.82) is 0 Å². The minimum atomic E-state index is 0.154. The predicted octanol–water partition coefficient (Wildman–Crippen LogP) is 3.52. The van der Waals surface area contributed by atoms with E-state index in [1.807, 2.05) is 17.9 Å². The van der Waals surface area contributed by atoms with Crippen LogP contribution in [-0.4, -0.2) is 21.9 Å². The number of hydrogen-bond donors (Lipinski definition) is 1. The maximum atomic E-state index is 4.25. The summed E-state index contributed by atoms with van der Waals surface area (Å²) in [6.07, 6.45) is 6.29. The molecule has 0 bridgehead atoms. The summed E-state index contributed by atoms with van der Waals surface area (Å²) < 4.78 is 1.88. The molecule has 1 aromatic carbocycles. The van der Waals surface area contributed by atoms with Gasteiger partial charge in [0, 0.05) is 25.3 Å². The standard InChI is InChI=1S/C18H27N3/c1-18(2,3)19-13-17(16-8-6-5-7-9-16)11-10-15-12-20-21(4)14-15/h5-9,12,14,17,19H,10-11,13H2,1-4H3. The lowest BCUT2D eigenvalue weighted by molar-refractivity contribution is 0.399. The van der Waals surface area contributed by atoms with Crippen LogP contribution in [0.2, 0.25) is 0 Å². The van der Waals surface area contributed by atoms with Gasteiger partial charge >= 0.3 is 0 Å². The molecule has 0 fully saturated rings. The maximum Gasteiger partial charge on any atom is 0.0521 e. The Bertz CT molecular complexity index is 537. The van der Waals surface area contributed by atoms with Crippen LogP contribution in [0.25, 0.3) is 0 Å². The zero-order valence-electron chi connectivity index (χ0n) is 13.6. The van der Waals surface area contributed by atoms with Crippen LogP contribution in [0, 0.1) is 0 Å². The van der Waals surface area contributed by atoms with E-state index in [0.29, 0.717) is 5.92 Å². The van der Waals surface area contributed by atoms with Crippen LogP contribution in [0.3, 0.4) is 0 Å². The Balaban J connectivity index is 2.01. The molecule has 21 heavy (non-hydrogen) atoms. The number of benzene rings is 1. The molecular weight excluding hydrogens is 258 g/mol. The van der Waals surface area contributed by atoms with Crippen LogP contribution in [0.4, 0.5) is 0 Å². The van der Waals surface area contributed by atoms with Crippen molar-refractivity contribution in [3.63, 3.8) is 0 Å². The van der Waals surface area contributed by atoms with Gasteiger partial charge in [0.1, 0.15) is 0 Å². The van der Waals surface area contributed by atoms with Gasteiger partial charge in [0.15, 0.2) is 0 Å². The molecule has 1 unspecified atom stereocenters. The Morgan fingerprint density at radius 2 is 1.90 bits per heavy atom. The molecule has 3 heteroatoms. The zero-order valence-corrected chi connectivity index (χ0v) is 13.6. The highest BCUT2D eigenvalue weighted by Gasteiger charge is 2.16. The highest BCUT2D eigenvalue weighted by Crippen LogP contribution is 2.22. The van der Waals surface area contributed by atoms with E-state index in [1.54, 1.807) is 0 Å². The number of nitrogens with one attached hydrogen (secondary N) is 1. The highest BCUT2D eigenvalue weighted by atomic mass is 15.2. The number of hydrogen-bond acceptors (Lipinski definition) is 2. The molecule has 1 aromatic heterocycles. The quantitative estimate of drug-likeness (QED) is 0.880. The third kappa shape index (κ3) is 5.35. The molecule has 2 aromatic rings. The van der Waals surface area contributed by atoms with Crippen molar-refractivity contribution in [2.24, 2.45) is 7.05 Å². The van der Waals surface area contributed by atoms with E-state index in [2.05, 4.69) is 67.7 Å². The molecule has 1 atom stereocenters. The monoisotopic (exact) mass is 285 g/mol. The van der Waals surface area contributed by atoms with E-state index in [-0.39, 0.29) is 5.54 Å². The predicted molar refractivity (Wildman–Crippen MR) is 88.5 cm³/mol. The fraction of sp³-hybridized carbons (Fsp3) is 0.500. The first-order valence-electron chi connectivity index (χ1n) is 7.71. The lowest BCUT2D eigenvalue weighted by atomic mass is 9.92. The van der Waals surface area contributed by atoms with E-state index in [0.717, 1.165) is 19.4 Å². The molecule has 1 N–H and O–H groups in total. The zero-order chi connectivity index (χ0) is 15.3. The smallest absolute Gasteiger partial charge is 0.0521 e. The molecule has 0 aliphatic carbocycles. The number of aromatic nitrogens is 2. The molecular formula is C18H27N3. The topological polar surface area (TPSA) is 29.9 Å². The minimum Gasteiger partial charge on any atom is -0.311 e. The first-order chi connectivity index (χ1) is 9.94. The van der Waals surface area contributed by atoms with Crippen LogP contribution in [0.1, 0.15) is 44.2 Å². The second-order valence-corrected chi connectivity index (χ2v) is 6.80. The lowest BCUT2D eigenvalue weighted by Gasteiger charge is -2.25. The van der Waals surface area contributed by atoms with Gasteiger partial charge in [-0.15, -0.1) is 0 Å². The van der Waals surface area contributed by atoms with Crippen molar-refractivity contribution in [3.8, 4) is 0 Å². The van der Waals surface area contributed by atoms with Gasteiger partial charge in [0.05, 0.1) is 6.20 Å². The third-order valence-electron chi connectivity index (χ3n) is 3.69. The van der Waals surface area contributed by atoms with Crippen molar-refractivity contribution < 1.29 is 0 Å². The van der Waals surface area contributed by atoms with Crippen molar-refractivity contribution in [2.75, 3.05) is 6.54 Å². The Morgan fingerprint density at radius 1 is 1.19 bits per heavy atom. The summed E-state index contributed by atoms with van der Waals surface area (Å²) in [7, 11) is 1.97. The molecule has 2 rings (SSSR count). The summed E-state index contributed by atoms with van der Waals surface area (Å²) in [5.74, 6) is 0.533. The first kappa shape index (κ1) is 15.8. The molecule has 114 valence electrons. The normalized spacial score (nSPS) is 13.3. The summed E-state index contributed by atoms with van der Waals surface area (Å²) in [6, 6.07) is 10.8. The van der Waals surface area contributed by atoms with Crippen molar-refractivity contribution >= 4 is 0 Å². The summed E-state index contributed by atoms with van der Waals surface area (Å²) in [4.78, 5) is 0. The summed E-state index contributed by atoms with van der Waals surface area (Å²) >= 11 is 0. The second kappa shape index (κ2) is 6.90. The molecule has 0 aliphatic rings. The van der Waals surface area contributed by atoms with Crippen molar-refractivity contribution in [3.05, 3.63) is 53.9 Å². The Hall–Kier alpha value is -1.61. The molecule has 0 aliphatic heterocycles. The van der Waals surface area contributed by atoms with Crippen molar-refractivity contribution in [1.82, 2.24) is 15.1 Å². The summed E-state index contributed by atoms with van der Waals surface area (Å²) in [5, 5.41) is 7.89. The van der Waals surface area contributed by atoms with E-state index in [9.17, 15) is 0 Å². The third-order valence-corrected chi connectivity index (χ3v) is 3.69. The molecule has 0 spiro atoms. The van der Waals surface area contributed by atoms with Gasteiger partial charge in [0.2, 0.25) is 0 Å². The van der Waals surface area contributed by atoms with Crippen LogP contribution in [0.5, 0.6) is 0 Å². The largest absolute Gasteiger partial charge is 0.311 e. The first-order valence-corrected chi connectivity index (χ1v) is 7.71. The number of aryl methyl sites for hydroxylation is 2. The van der Waals surface area contributed by atoms with E-state index in [1.165, 1.54) is 11.1 Å². The van der Waals surface area contributed by atoms with E-state index in [4.69, 9.17) is 0 Å². The van der Waals surface area contributed by atoms with Crippen LogP contribution >= 0.6 is 0 Å². The van der Waals surface area contributed by atoms with Crippen LogP contribution < -0.4 is 5.32 Å². The summed E-state index contributed by atoms with van der Waals surface area (Å²) in [6.45, 7) is 7.66. The average Bonchev–Trinajstić information content (AvgIpc) is 2.84. The molecule has 3 nitrogen and oxygen atoms in total. The average molecular weight is 285 g/mol. The van der Waals surface area contributed by atoms with Gasteiger partial charge in [-0.05, 0) is 50.7 Å². The number of rotatable bonds is 6. The summed E-state index contributed by atoms with van der Waals surface area (Å²) in [5.41, 5.74) is 2.88. The Morgan fingerprint density at radius 3 is 2.48 bits per heavy atom. The van der Waals surface area contributed by atoms with Gasteiger partial charge in [-0.3, -0.25) is 4.68 Å². The van der Waals surface area contributed by atoms with Gasteiger partial charge in [0.25, 0.3) is 0 Å². The van der Waals surface area contributed by atoms with Gasteiger partial charge in [-0.1, -0.05) is 30.3 Å². The van der Waals surface area contributed by atoms with Gasteiger partial charge in [-0.25, -0.2) is 0 Å². The molecule has 0 saturated heterocycles. The number of nitrogens with zero attached hydrogens (tertiary/aromatic N) is 2. The van der Waals surface area contributed by atoms with Crippen LogP contribution in [0.15, 0.2) is 42.7 Å². The molecule has 0 radical (unpaired) electrons. The van der Waals surface area contributed by atoms with Gasteiger partial charge in [-0.2, -0.15) is 5.10 Å². The fourth-order valence-electron chi connectivity index (χ4n) is 2.48. The van der Waals surface area contributed by atoms with Gasteiger partial charge < -0.3 is 5.32 Å². The molecule has 1 heterocycles. The van der Waals surface area contributed by atoms with Crippen LogP contribution in [-0.2, 0) is 13.5 Å². The lowest BCUT2D eigenvalue weighted by Crippen LogP contribution is -2.38. The maximum absolute atomic E-state index is 4.25. The highest BCUT2D eigenvalue weighted by molar-refractivity contribution is 5.20. The van der Waals surface area contributed by atoms with E-state index < -0.39 is 0 Å². The molecule has 0 saturated carbocycles. The minimum absolute atomic E-state index is 0.154. The fourth-order valence-corrected chi connectivity index (χ4v) is 2.48. The second-order valence-electron chi connectivity index (χ2n) is 6.80. The Kier molecular flexibility index (Phi) is 5.18. The SMILES string of the molecule is Cn1cc(CCC(CNC(C)(C)C)c2ccccc2)cn1. The van der Waals surface area contributed by atoms with Crippen molar-refractivity contribution in [2.45, 2.75) is 45.1 Å².